The predicted octanol–water partition coefficient (Wildman–Crippen LogP) is 3.17. The fourth-order valence-electron chi connectivity index (χ4n) is 1.95. The number of benzene rings is 1. The minimum absolute atomic E-state index is 0.0956. The van der Waals surface area contributed by atoms with Crippen LogP contribution in [0.3, 0.4) is 0 Å². The second-order valence-electron chi connectivity index (χ2n) is 4.73. The average molecular weight is 281 g/mol. The highest BCUT2D eigenvalue weighted by atomic mass is 16.1. The third kappa shape index (κ3) is 4.18. The minimum atomic E-state index is -0.0956. The van der Waals surface area contributed by atoms with Crippen molar-refractivity contribution in [2.45, 2.75) is 13.0 Å². The molecule has 0 saturated carbocycles. The fraction of sp³-hybridized carbons (Fsp3) is 0.176. The maximum absolute atomic E-state index is 11.8. The van der Waals surface area contributed by atoms with Gasteiger partial charge in [0, 0.05) is 30.2 Å². The van der Waals surface area contributed by atoms with E-state index in [1.807, 2.05) is 30.5 Å². The fourth-order valence-corrected chi connectivity index (χ4v) is 1.95. The molecule has 21 heavy (non-hydrogen) atoms. The summed E-state index contributed by atoms with van der Waals surface area (Å²) in [7, 11) is 0. The van der Waals surface area contributed by atoms with Crippen LogP contribution in [0.4, 0.5) is 5.69 Å². The number of hydrogen-bond donors (Lipinski definition) is 2. The first-order valence-corrected chi connectivity index (χ1v) is 6.86. The van der Waals surface area contributed by atoms with Crippen molar-refractivity contribution in [1.82, 2.24) is 10.3 Å². The maximum Gasteiger partial charge on any atom is 0.251 e. The Balaban J connectivity index is 1.99. The molecule has 0 saturated heterocycles. The molecule has 0 bridgehead atoms. The van der Waals surface area contributed by atoms with Gasteiger partial charge in [-0.3, -0.25) is 9.78 Å². The molecule has 4 heteroatoms. The number of rotatable bonds is 6. The van der Waals surface area contributed by atoms with Crippen molar-refractivity contribution in [3.63, 3.8) is 0 Å². The van der Waals surface area contributed by atoms with Gasteiger partial charge in [-0.1, -0.05) is 12.1 Å². The van der Waals surface area contributed by atoms with E-state index >= 15 is 0 Å². The third-order valence-corrected chi connectivity index (χ3v) is 3.12. The lowest BCUT2D eigenvalue weighted by Gasteiger charge is -2.15. The minimum Gasteiger partial charge on any atom is -0.378 e. The maximum atomic E-state index is 11.8. The van der Waals surface area contributed by atoms with Crippen molar-refractivity contribution in [3.05, 3.63) is 72.6 Å². The van der Waals surface area contributed by atoms with Crippen LogP contribution in [0.1, 0.15) is 28.9 Å². The molecular formula is C17H19N3O. The molecule has 1 aromatic heterocycles. The van der Waals surface area contributed by atoms with E-state index < -0.39 is 0 Å². The van der Waals surface area contributed by atoms with E-state index in [1.165, 1.54) is 0 Å². The Morgan fingerprint density at radius 3 is 2.71 bits per heavy atom. The smallest absolute Gasteiger partial charge is 0.251 e. The molecule has 1 heterocycles. The van der Waals surface area contributed by atoms with E-state index in [9.17, 15) is 4.79 Å². The SMILES string of the molecule is C=CCNC(=O)c1ccc(NC(C)c2cccnc2)cc1. The molecule has 1 aromatic carbocycles. The first-order chi connectivity index (χ1) is 10.2. The number of carbonyl (C=O) groups is 1. The van der Waals surface area contributed by atoms with Crippen LogP contribution in [0.5, 0.6) is 0 Å². The Kier molecular flexibility index (Phi) is 5.10. The molecule has 2 aromatic rings. The van der Waals surface area contributed by atoms with Gasteiger partial charge >= 0.3 is 0 Å². The first-order valence-electron chi connectivity index (χ1n) is 6.86. The molecular weight excluding hydrogens is 262 g/mol. The topological polar surface area (TPSA) is 54.0 Å². The lowest BCUT2D eigenvalue weighted by atomic mass is 10.1. The van der Waals surface area contributed by atoms with Crippen molar-refractivity contribution in [2.75, 3.05) is 11.9 Å². The Morgan fingerprint density at radius 2 is 2.10 bits per heavy atom. The summed E-state index contributed by atoms with van der Waals surface area (Å²) in [6, 6.07) is 11.5. The highest BCUT2D eigenvalue weighted by Gasteiger charge is 2.07. The van der Waals surface area contributed by atoms with Crippen LogP contribution >= 0.6 is 0 Å². The van der Waals surface area contributed by atoms with Crippen molar-refractivity contribution >= 4 is 11.6 Å². The van der Waals surface area contributed by atoms with Gasteiger partial charge in [-0.15, -0.1) is 6.58 Å². The zero-order valence-corrected chi connectivity index (χ0v) is 12.0. The van der Waals surface area contributed by atoms with E-state index in [0.717, 1.165) is 11.3 Å². The molecule has 108 valence electrons. The Hall–Kier alpha value is -2.62. The van der Waals surface area contributed by atoms with Crippen molar-refractivity contribution < 1.29 is 4.79 Å². The summed E-state index contributed by atoms with van der Waals surface area (Å²) in [6.45, 7) is 6.11. The van der Waals surface area contributed by atoms with Gasteiger partial charge in [0.1, 0.15) is 0 Å². The Bertz CT molecular complexity index is 593. The molecule has 1 amide bonds. The van der Waals surface area contributed by atoms with Gasteiger partial charge in [0.05, 0.1) is 6.04 Å². The van der Waals surface area contributed by atoms with Crippen LogP contribution in [0.25, 0.3) is 0 Å². The van der Waals surface area contributed by atoms with Gasteiger partial charge in [-0.05, 0) is 42.8 Å². The number of amides is 1. The Morgan fingerprint density at radius 1 is 1.33 bits per heavy atom. The van der Waals surface area contributed by atoms with Crippen LogP contribution < -0.4 is 10.6 Å². The molecule has 0 spiro atoms. The van der Waals surface area contributed by atoms with Crippen molar-refractivity contribution in [2.24, 2.45) is 0 Å². The second-order valence-corrected chi connectivity index (χ2v) is 4.73. The number of nitrogens with zero attached hydrogens (tertiary/aromatic N) is 1. The summed E-state index contributed by atoms with van der Waals surface area (Å²) < 4.78 is 0. The summed E-state index contributed by atoms with van der Waals surface area (Å²) >= 11 is 0. The molecule has 4 nitrogen and oxygen atoms in total. The number of aromatic nitrogens is 1. The lowest BCUT2D eigenvalue weighted by molar-refractivity contribution is 0.0958. The van der Waals surface area contributed by atoms with Gasteiger partial charge in [0.15, 0.2) is 0 Å². The van der Waals surface area contributed by atoms with Crippen LogP contribution in [0, 0.1) is 0 Å². The zero-order chi connectivity index (χ0) is 15.1. The number of pyridine rings is 1. The summed E-state index contributed by atoms with van der Waals surface area (Å²) in [5, 5.41) is 6.13. The van der Waals surface area contributed by atoms with Gasteiger partial charge < -0.3 is 10.6 Å². The van der Waals surface area contributed by atoms with Gasteiger partial charge in [-0.25, -0.2) is 0 Å². The number of hydrogen-bond acceptors (Lipinski definition) is 3. The van der Waals surface area contributed by atoms with Gasteiger partial charge in [0.2, 0.25) is 0 Å². The molecule has 1 unspecified atom stereocenters. The molecule has 1 atom stereocenters. The van der Waals surface area contributed by atoms with Crippen molar-refractivity contribution in [3.8, 4) is 0 Å². The number of carbonyl (C=O) groups excluding carboxylic acids is 1. The largest absolute Gasteiger partial charge is 0.378 e. The number of anilines is 1. The predicted molar refractivity (Wildman–Crippen MR) is 85.2 cm³/mol. The average Bonchev–Trinajstić information content (AvgIpc) is 2.54. The molecule has 0 aliphatic rings. The molecule has 0 aliphatic heterocycles. The summed E-state index contributed by atoms with van der Waals surface area (Å²) in [5.41, 5.74) is 2.72. The van der Waals surface area contributed by atoms with Crippen LogP contribution in [-0.2, 0) is 0 Å². The van der Waals surface area contributed by atoms with E-state index in [4.69, 9.17) is 0 Å². The van der Waals surface area contributed by atoms with Crippen LogP contribution in [0.2, 0.25) is 0 Å². The van der Waals surface area contributed by atoms with Crippen LogP contribution in [0.15, 0.2) is 61.4 Å². The molecule has 2 N–H and O–H groups in total. The van der Waals surface area contributed by atoms with Crippen molar-refractivity contribution in [1.29, 1.82) is 0 Å². The summed E-state index contributed by atoms with van der Waals surface area (Å²) in [5.74, 6) is -0.0956. The Labute approximate surface area is 124 Å². The molecule has 2 rings (SSSR count). The van der Waals surface area contributed by atoms with Crippen LogP contribution in [-0.4, -0.2) is 17.4 Å². The highest BCUT2D eigenvalue weighted by molar-refractivity contribution is 5.94. The monoisotopic (exact) mass is 281 g/mol. The summed E-state index contributed by atoms with van der Waals surface area (Å²) in [4.78, 5) is 15.9. The third-order valence-electron chi connectivity index (χ3n) is 3.12. The van der Waals surface area contributed by atoms with E-state index in [2.05, 4.69) is 29.1 Å². The highest BCUT2D eigenvalue weighted by Crippen LogP contribution is 2.18. The second kappa shape index (κ2) is 7.24. The standard InChI is InChI=1S/C17H19N3O/c1-3-10-19-17(21)14-6-8-16(9-7-14)20-13(2)15-5-4-11-18-12-15/h3-9,11-13,20H,1,10H2,2H3,(H,19,21). The quantitative estimate of drug-likeness (QED) is 0.800. The molecule has 0 fully saturated rings. The summed E-state index contributed by atoms with van der Waals surface area (Å²) in [6.07, 6.45) is 5.26. The molecule has 0 aliphatic carbocycles. The lowest BCUT2D eigenvalue weighted by Crippen LogP contribution is -2.23. The van der Waals surface area contributed by atoms with Gasteiger partial charge in [-0.2, -0.15) is 0 Å². The van der Waals surface area contributed by atoms with Gasteiger partial charge in [0.25, 0.3) is 5.91 Å². The normalized spacial score (nSPS) is 11.5. The van der Waals surface area contributed by atoms with E-state index in [-0.39, 0.29) is 11.9 Å². The molecule has 0 radical (unpaired) electrons. The first kappa shape index (κ1) is 14.8. The number of nitrogens with one attached hydrogen (secondary N) is 2. The zero-order valence-electron chi connectivity index (χ0n) is 12.0. The van der Waals surface area contributed by atoms with E-state index in [1.54, 1.807) is 24.4 Å². The van der Waals surface area contributed by atoms with E-state index in [0.29, 0.717) is 12.1 Å².